The van der Waals surface area contributed by atoms with Gasteiger partial charge in [0.05, 0.1) is 0 Å². The van der Waals surface area contributed by atoms with E-state index >= 15 is 0 Å². The van der Waals surface area contributed by atoms with Gasteiger partial charge in [-0.2, -0.15) is 0 Å². The summed E-state index contributed by atoms with van der Waals surface area (Å²) >= 11 is 0. The van der Waals surface area contributed by atoms with Gasteiger partial charge in [-0.1, -0.05) is 79.6 Å². The summed E-state index contributed by atoms with van der Waals surface area (Å²) in [7, 11) is 0. The molecule has 1 rings (SSSR count). The normalized spacial score (nSPS) is 17.9. The topological polar surface area (TPSA) is 6.48 Å². The molecule has 1 saturated heterocycles. The highest BCUT2D eigenvalue weighted by Crippen LogP contribution is 2.14. The number of rotatable bonds is 11. The zero-order chi connectivity index (χ0) is 16.6. The van der Waals surface area contributed by atoms with Gasteiger partial charge < -0.3 is 9.80 Å². The van der Waals surface area contributed by atoms with Crippen molar-refractivity contribution < 1.29 is 0 Å². The number of nitrogens with zero attached hydrogens (tertiary/aromatic N) is 2. The Morgan fingerprint density at radius 3 is 1.77 bits per heavy atom. The van der Waals surface area contributed by atoms with E-state index in [1.54, 1.807) is 0 Å². The molecule has 1 fully saturated rings. The molecule has 0 N–H and O–H groups in total. The van der Waals surface area contributed by atoms with E-state index in [9.17, 15) is 0 Å². The predicted octanol–water partition coefficient (Wildman–Crippen LogP) is 5.43. The highest BCUT2D eigenvalue weighted by Gasteiger charge is 2.14. The van der Waals surface area contributed by atoms with Crippen LogP contribution in [-0.2, 0) is 0 Å². The molecule has 0 aliphatic carbocycles. The van der Waals surface area contributed by atoms with Crippen molar-refractivity contribution in [1.29, 1.82) is 0 Å². The third-order valence-electron chi connectivity index (χ3n) is 5.03. The van der Waals surface area contributed by atoms with Gasteiger partial charge in [-0.3, -0.25) is 0 Å². The Hall–Kier alpha value is -0.0800. The number of unbranched alkanes of at least 4 members (excludes halogenated alkanes) is 5. The van der Waals surface area contributed by atoms with Gasteiger partial charge in [-0.05, 0) is 25.4 Å². The van der Waals surface area contributed by atoms with Crippen LogP contribution in [0.1, 0.15) is 86.0 Å². The van der Waals surface area contributed by atoms with E-state index in [-0.39, 0.29) is 0 Å². The first kappa shape index (κ1) is 21.9. The molecule has 0 spiro atoms. The van der Waals surface area contributed by atoms with Gasteiger partial charge in [-0.15, -0.1) is 0 Å². The molecule has 1 aliphatic heterocycles. The molecule has 22 heavy (non-hydrogen) atoms. The Labute approximate surface area is 141 Å². The van der Waals surface area contributed by atoms with Crippen molar-refractivity contribution in [3.63, 3.8) is 0 Å². The first-order chi connectivity index (χ1) is 10.8. The van der Waals surface area contributed by atoms with Crippen molar-refractivity contribution in [3.05, 3.63) is 0 Å². The number of hydrogen-bond donors (Lipinski definition) is 0. The summed E-state index contributed by atoms with van der Waals surface area (Å²) in [6, 6.07) is 0. The average Bonchev–Trinajstić information content (AvgIpc) is 2.59. The molecule has 0 aromatic carbocycles. The molecule has 0 amide bonds. The lowest BCUT2D eigenvalue weighted by Crippen LogP contribution is -2.46. The number of likely N-dealkylation sites (N-methyl/N-ethyl adjacent to an activating group) is 1. The van der Waals surface area contributed by atoms with E-state index < -0.39 is 0 Å². The van der Waals surface area contributed by atoms with Gasteiger partial charge in [0.1, 0.15) is 0 Å². The Bertz CT molecular complexity index is 210. The van der Waals surface area contributed by atoms with Crippen molar-refractivity contribution in [2.45, 2.75) is 86.0 Å². The van der Waals surface area contributed by atoms with Crippen LogP contribution in [0.25, 0.3) is 0 Å². The summed E-state index contributed by atoms with van der Waals surface area (Å²) in [6.07, 6.45) is 11.5. The van der Waals surface area contributed by atoms with Gasteiger partial charge >= 0.3 is 0 Å². The summed E-state index contributed by atoms with van der Waals surface area (Å²) in [5, 5.41) is 0. The first-order valence-electron chi connectivity index (χ1n) is 10.2. The summed E-state index contributed by atoms with van der Waals surface area (Å²) in [6.45, 7) is 18.7. The van der Waals surface area contributed by atoms with Gasteiger partial charge in [0.2, 0.25) is 0 Å². The zero-order valence-electron chi connectivity index (χ0n) is 16.4. The molecule has 0 bridgehead atoms. The summed E-state index contributed by atoms with van der Waals surface area (Å²) in [5.41, 5.74) is 0. The van der Waals surface area contributed by atoms with Gasteiger partial charge in [-0.25, -0.2) is 0 Å². The second-order valence-electron chi connectivity index (χ2n) is 6.70. The molecule has 2 heteroatoms. The molecule has 0 aromatic rings. The number of piperazine rings is 1. The fraction of sp³-hybridized carbons (Fsp3) is 1.00. The van der Waals surface area contributed by atoms with Gasteiger partial charge in [0, 0.05) is 26.2 Å². The maximum absolute atomic E-state index is 2.66. The fourth-order valence-electron chi connectivity index (χ4n) is 3.07. The monoisotopic (exact) mass is 312 g/mol. The lowest BCUT2D eigenvalue weighted by molar-refractivity contribution is 0.135. The number of hydrogen-bond acceptors (Lipinski definition) is 2. The fourth-order valence-corrected chi connectivity index (χ4v) is 3.07. The van der Waals surface area contributed by atoms with E-state index in [4.69, 9.17) is 0 Å². The van der Waals surface area contributed by atoms with Crippen molar-refractivity contribution in [2.24, 2.45) is 5.92 Å². The molecule has 1 unspecified atom stereocenters. The molecular weight excluding hydrogens is 268 g/mol. The first-order valence-corrected chi connectivity index (χ1v) is 10.2. The van der Waals surface area contributed by atoms with E-state index in [2.05, 4.69) is 30.6 Å². The molecule has 1 aliphatic rings. The standard InChI is InChI=1S/C18H38N2.C2H6/c1-4-18(3)12-10-8-6-7-9-11-13-20-16-14-19(5-2)15-17-20;1-2/h18H,4-17H2,1-3H3;1-2H3. The van der Waals surface area contributed by atoms with Crippen molar-refractivity contribution in [1.82, 2.24) is 9.80 Å². The Balaban J connectivity index is 0.00000211. The van der Waals surface area contributed by atoms with E-state index in [1.165, 1.54) is 90.6 Å². The largest absolute Gasteiger partial charge is 0.301 e. The molecule has 0 saturated carbocycles. The predicted molar refractivity (Wildman–Crippen MR) is 102 cm³/mol. The second-order valence-corrected chi connectivity index (χ2v) is 6.70. The van der Waals surface area contributed by atoms with Gasteiger partial charge in [0.15, 0.2) is 0 Å². The third kappa shape index (κ3) is 11.5. The van der Waals surface area contributed by atoms with E-state index in [1.807, 2.05) is 13.8 Å². The highest BCUT2D eigenvalue weighted by molar-refractivity contribution is 4.70. The molecule has 134 valence electrons. The smallest absolute Gasteiger partial charge is 0.0110 e. The van der Waals surface area contributed by atoms with Crippen molar-refractivity contribution in [3.8, 4) is 0 Å². The van der Waals surface area contributed by atoms with E-state index in [0.717, 1.165) is 5.92 Å². The zero-order valence-corrected chi connectivity index (χ0v) is 16.4. The minimum absolute atomic E-state index is 0.941. The van der Waals surface area contributed by atoms with Crippen molar-refractivity contribution in [2.75, 3.05) is 39.3 Å². The third-order valence-corrected chi connectivity index (χ3v) is 5.03. The van der Waals surface area contributed by atoms with Gasteiger partial charge in [0.25, 0.3) is 0 Å². The van der Waals surface area contributed by atoms with Crippen LogP contribution in [0.2, 0.25) is 0 Å². The van der Waals surface area contributed by atoms with Crippen LogP contribution in [0.5, 0.6) is 0 Å². The second kappa shape index (κ2) is 15.8. The Morgan fingerprint density at radius 1 is 0.727 bits per heavy atom. The minimum atomic E-state index is 0.941. The van der Waals surface area contributed by atoms with Crippen LogP contribution in [0.3, 0.4) is 0 Å². The molecule has 0 aromatic heterocycles. The van der Waals surface area contributed by atoms with Crippen LogP contribution in [-0.4, -0.2) is 49.1 Å². The Kier molecular flexibility index (Phi) is 15.7. The minimum Gasteiger partial charge on any atom is -0.301 e. The lowest BCUT2D eigenvalue weighted by atomic mass is 10.00. The van der Waals surface area contributed by atoms with Crippen LogP contribution in [0.4, 0.5) is 0 Å². The highest BCUT2D eigenvalue weighted by atomic mass is 15.3. The van der Waals surface area contributed by atoms with Crippen LogP contribution >= 0.6 is 0 Å². The molecule has 0 radical (unpaired) electrons. The van der Waals surface area contributed by atoms with Crippen LogP contribution in [0, 0.1) is 5.92 Å². The maximum Gasteiger partial charge on any atom is 0.0110 e. The molecular formula is C20H44N2. The molecule has 1 heterocycles. The van der Waals surface area contributed by atoms with Crippen LogP contribution in [0.15, 0.2) is 0 Å². The Morgan fingerprint density at radius 2 is 1.23 bits per heavy atom. The summed E-state index contributed by atoms with van der Waals surface area (Å²) < 4.78 is 0. The van der Waals surface area contributed by atoms with Crippen molar-refractivity contribution >= 4 is 0 Å². The van der Waals surface area contributed by atoms with E-state index in [0.29, 0.717) is 0 Å². The van der Waals surface area contributed by atoms with Crippen LogP contribution < -0.4 is 0 Å². The lowest BCUT2D eigenvalue weighted by Gasteiger charge is -2.33. The summed E-state index contributed by atoms with van der Waals surface area (Å²) in [4.78, 5) is 5.23. The summed E-state index contributed by atoms with van der Waals surface area (Å²) in [5.74, 6) is 0.941. The maximum atomic E-state index is 2.66. The molecule has 2 nitrogen and oxygen atoms in total. The molecule has 1 atom stereocenters. The SMILES string of the molecule is CC.CCC(C)CCCCCCCCN1CCN(CC)CC1. The quantitative estimate of drug-likeness (QED) is 0.470. The average molecular weight is 313 g/mol.